The van der Waals surface area contributed by atoms with Gasteiger partial charge in [-0.1, -0.05) is 11.6 Å². The Morgan fingerprint density at radius 2 is 1.37 bits per heavy atom. The zero-order valence-corrected chi connectivity index (χ0v) is 24.3. The number of aromatic hydroxyl groups is 2. The van der Waals surface area contributed by atoms with Crippen LogP contribution in [0.4, 0.5) is 29.2 Å². The van der Waals surface area contributed by atoms with Crippen molar-refractivity contribution in [2.24, 2.45) is 0 Å². The molecule has 1 aromatic heterocycles. The molecule has 15 heteroatoms. The SMILES string of the molecule is Cl.N.N.O.O=C(Nc1ccc(Nc2nc(N3CCCCC3)nc(N3CCCCC3)n2)cc1O)c1ccc(Cl)cc1O.[HH].[HH].[HH]. The van der Waals surface area contributed by atoms with Gasteiger partial charge >= 0.3 is 0 Å². The largest absolute Gasteiger partial charge is 0.507 e. The van der Waals surface area contributed by atoms with Gasteiger partial charge in [-0.2, -0.15) is 15.0 Å². The Hall–Kier alpha value is -3.62. The second-order valence-electron chi connectivity index (χ2n) is 9.33. The molecule has 0 spiro atoms. The summed E-state index contributed by atoms with van der Waals surface area (Å²) in [6.07, 6.45) is 6.88. The van der Waals surface area contributed by atoms with Crippen LogP contribution in [0.1, 0.15) is 53.2 Å². The molecule has 2 aromatic carbocycles. The number of halogens is 2. The summed E-state index contributed by atoms with van der Waals surface area (Å²) in [5.74, 6) is 0.765. The number of phenols is 2. The van der Waals surface area contributed by atoms with Crippen molar-refractivity contribution in [1.82, 2.24) is 27.3 Å². The number of aromatic nitrogens is 3. The number of carbonyl (C=O) groups excluding carboxylic acids is 1. The van der Waals surface area contributed by atoms with E-state index in [1.165, 1.54) is 37.1 Å². The monoisotopic (exact) mass is 617 g/mol. The molecule has 0 bridgehead atoms. The van der Waals surface area contributed by atoms with Crippen LogP contribution in [0.5, 0.6) is 11.5 Å². The lowest BCUT2D eigenvalue weighted by Gasteiger charge is -2.30. The van der Waals surface area contributed by atoms with Crippen LogP contribution in [-0.2, 0) is 0 Å². The first-order valence-electron chi connectivity index (χ1n) is 12.6. The third-order valence-electron chi connectivity index (χ3n) is 6.60. The number of phenolic OH excluding ortho intramolecular Hbond substituents is 2. The zero-order chi connectivity index (χ0) is 25.8. The molecule has 2 aliphatic rings. The summed E-state index contributed by atoms with van der Waals surface area (Å²) in [5.41, 5.74) is 0.806. The lowest BCUT2D eigenvalue weighted by Crippen LogP contribution is -2.34. The fourth-order valence-corrected chi connectivity index (χ4v) is 4.78. The first-order chi connectivity index (χ1) is 18.0. The van der Waals surface area contributed by atoms with Crippen LogP contribution in [-0.4, -0.2) is 62.7 Å². The fourth-order valence-electron chi connectivity index (χ4n) is 4.61. The van der Waals surface area contributed by atoms with E-state index in [0.717, 1.165) is 51.9 Å². The number of benzene rings is 2. The highest BCUT2D eigenvalue weighted by atomic mass is 35.5. The average molecular weight is 619 g/mol. The van der Waals surface area contributed by atoms with E-state index in [2.05, 4.69) is 30.4 Å². The highest BCUT2D eigenvalue weighted by Crippen LogP contribution is 2.31. The standard InChI is InChI=1S/C26H30ClN7O3.ClH.2H3N.H2O.3H2/c27-17-7-9-19(21(35)15-17)23(37)29-20-10-8-18(16-22(20)36)28-24-30-25(33-11-3-1-4-12-33)32-26(31-24)34-13-5-2-6-14-34;;;;;;;/h7-10,15-16,35-36H,1-6,11-14H2,(H,29,37)(H,28,30,31,32);1H;2*1H3;1H2;3*1H. The number of carbonyl (C=O) groups is 1. The summed E-state index contributed by atoms with van der Waals surface area (Å²) in [6, 6.07) is 8.98. The molecule has 3 heterocycles. The first-order valence-corrected chi connectivity index (χ1v) is 13.0. The Morgan fingerprint density at radius 1 is 0.805 bits per heavy atom. The lowest BCUT2D eigenvalue weighted by atomic mass is 10.1. The van der Waals surface area contributed by atoms with Crippen LogP contribution >= 0.6 is 24.0 Å². The Kier molecular flexibility index (Phi) is 13.8. The predicted molar refractivity (Wildman–Crippen MR) is 172 cm³/mol. The van der Waals surface area contributed by atoms with E-state index in [-0.39, 0.29) is 57.2 Å². The number of rotatable bonds is 6. The molecule has 232 valence electrons. The molecule has 0 unspecified atom stereocenters. The average Bonchev–Trinajstić information content (AvgIpc) is 2.91. The van der Waals surface area contributed by atoms with Gasteiger partial charge in [-0.3, -0.25) is 4.79 Å². The van der Waals surface area contributed by atoms with Gasteiger partial charge in [-0.05, 0) is 68.9 Å². The van der Waals surface area contributed by atoms with Crippen LogP contribution in [0.15, 0.2) is 36.4 Å². The van der Waals surface area contributed by atoms with E-state index in [1.54, 1.807) is 12.1 Å². The van der Waals surface area contributed by atoms with Crippen molar-refractivity contribution in [3.63, 3.8) is 0 Å². The molecule has 0 saturated carbocycles. The van der Waals surface area contributed by atoms with Crippen LogP contribution in [0.2, 0.25) is 5.02 Å². The van der Waals surface area contributed by atoms with Crippen molar-refractivity contribution >= 4 is 59.1 Å². The maximum Gasteiger partial charge on any atom is 0.259 e. The second-order valence-corrected chi connectivity index (χ2v) is 9.76. The van der Waals surface area contributed by atoms with Gasteiger partial charge in [-0.15, -0.1) is 12.4 Å². The molecule has 0 radical (unpaired) electrons. The van der Waals surface area contributed by atoms with Crippen LogP contribution in [0.25, 0.3) is 0 Å². The van der Waals surface area contributed by atoms with Crippen LogP contribution < -0.4 is 32.7 Å². The van der Waals surface area contributed by atoms with Gasteiger partial charge in [0.2, 0.25) is 17.8 Å². The minimum absolute atomic E-state index is 0. The third kappa shape index (κ3) is 8.68. The number of nitrogens with one attached hydrogen (secondary N) is 2. The summed E-state index contributed by atoms with van der Waals surface area (Å²) in [7, 11) is 0. The molecule has 0 atom stereocenters. The molecule has 0 aliphatic carbocycles. The van der Waals surface area contributed by atoms with Crippen molar-refractivity contribution in [3.8, 4) is 11.5 Å². The number of anilines is 5. The van der Waals surface area contributed by atoms with Crippen molar-refractivity contribution < 1.29 is 24.8 Å². The van der Waals surface area contributed by atoms with Gasteiger partial charge in [0, 0.05) is 47.2 Å². The molecule has 12 N–H and O–H groups in total. The van der Waals surface area contributed by atoms with Gasteiger partial charge in [0.05, 0.1) is 11.3 Å². The van der Waals surface area contributed by atoms with E-state index in [4.69, 9.17) is 16.6 Å². The van der Waals surface area contributed by atoms with Crippen molar-refractivity contribution in [2.75, 3.05) is 46.6 Å². The molecular weight excluding hydrogens is 573 g/mol. The highest BCUT2D eigenvalue weighted by Gasteiger charge is 2.21. The summed E-state index contributed by atoms with van der Waals surface area (Å²) < 4.78 is 0. The normalized spacial score (nSPS) is 14.4. The van der Waals surface area contributed by atoms with Gasteiger partial charge in [0.1, 0.15) is 11.5 Å². The number of nitrogens with zero attached hydrogens (tertiary/aromatic N) is 5. The Bertz CT molecular complexity index is 1270. The van der Waals surface area contributed by atoms with E-state index in [0.29, 0.717) is 28.6 Å². The minimum Gasteiger partial charge on any atom is -0.507 e. The van der Waals surface area contributed by atoms with Crippen LogP contribution in [0.3, 0.4) is 0 Å². The molecule has 2 saturated heterocycles. The smallest absolute Gasteiger partial charge is 0.259 e. The van der Waals surface area contributed by atoms with Gasteiger partial charge in [0.25, 0.3) is 5.91 Å². The molecule has 1 amide bonds. The summed E-state index contributed by atoms with van der Waals surface area (Å²) >= 11 is 5.84. The number of amides is 1. The number of hydrogen-bond acceptors (Lipinski definition) is 11. The molecule has 13 nitrogen and oxygen atoms in total. The minimum atomic E-state index is -0.569. The maximum atomic E-state index is 12.6. The third-order valence-corrected chi connectivity index (χ3v) is 6.83. The highest BCUT2D eigenvalue weighted by molar-refractivity contribution is 6.31. The van der Waals surface area contributed by atoms with Crippen molar-refractivity contribution in [3.05, 3.63) is 47.0 Å². The molecular formula is C26H45Cl2N9O4. The summed E-state index contributed by atoms with van der Waals surface area (Å²) in [4.78, 5) is 31.1. The molecule has 5 rings (SSSR count). The lowest BCUT2D eigenvalue weighted by molar-refractivity contribution is 0.102. The van der Waals surface area contributed by atoms with Gasteiger partial charge < -0.3 is 48.4 Å². The van der Waals surface area contributed by atoms with Crippen LogP contribution in [0, 0.1) is 0 Å². The topological polar surface area (TPSA) is 228 Å². The maximum absolute atomic E-state index is 12.6. The Morgan fingerprint density at radius 3 is 1.88 bits per heavy atom. The quantitative estimate of drug-likeness (QED) is 0.187. The number of hydrogen-bond donors (Lipinski definition) is 6. The van der Waals surface area contributed by atoms with Crippen molar-refractivity contribution in [2.45, 2.75) is 38.5 Å². The molecule has 41 heavy (non-hydrogen) atoms. The molecule has 3 aromatic rings. The number of piperidine rings is 2. The Labute approximate surface area is 254 Å². The van der Waals surface area contributed by atoms with Gasteiger partial charge in [-0.25, -0.2) is 0 Å². The predicted octanol–water partition coefficient (Wildman–Crippen LogP) is 5.57. The van der Waals surface area contributed by atoms with E-state index in [9.17, 15) is 15.0 Å². The summed E-state index contributed by atoms with van der Waals surface area (Å²) in [5, 5.41) is 26.7. The first kappa shape index (κ1) is 35.4. The van der Waals surface area contributed by atoms with E-state index < -0.39 is 5.91 Å². The zero-order valence-electron chi connectivity index (χ0n) is 22.8. The van der Waals surface area contributed by atoms with Crippen molar-refractivity contribution in [1.29, 1.82) is 0 Å². The second kappa shape index (κ2) is 16.0. The molecule has 2 fully saturated rings. The summed E-state index contributed by atoms with van der Waals surface area (Å²) in [6.45, 7) is 3.67. The Balaban J connectivity index is -0.00000240. The fraction of sp³-hybridized carbons (Fsp3) is 0.385. The van der Waals surface area contributed by atoms with Gasteiger partial charge in [0.15, 0.2) is 0 Å². The van der Waals surface area contributed by atoms with E-state index >= 15 is 0 Å². The van der Waals surface area contributed by atoms with E-state index in [1.807, 2.05) is 0 Å². The molecule has 2 aliphatic heterocycles.